The molecule has 3 rings (SSSR count). The van der Waals surface area contributed by atoms with E-state index in [9.17, 15) is 5.11 Å². The van der Waals surface area contributed by atoms with Crippen LogP contribution in [0.2, 0.25) is 5.15 Å². The Hall–Kier alpha value is -0.870. The fourth-order valence-corrected chi connectivity index (χ4v) is 3.36. The molecule has 0 amide bonds. The molecule has 2 unspecified atom stereocenters. The zero-order valence-corrected chi connectivity index (χ0v) is 11.1. The fraction of sp³-hybridized carbons (Fsp3) is 0.692. The molecule has 1 aromatic heterocycles. The summed E-state index contributed by atoms with van der Waals surface area (Å²) in [5.41, 5.74) is -0.436. The van der Waals surface area contributed by atoms with Gasteiger partial charge in [0.05, 0.1) is 5.60 Å². The molecule has 1 aromatic rings. The van der Waals surface area contributed by atoms with Crippen LogP contribution < -0.4 is 4.90 Å². The van der Waals surface area contributed by atoms with Gasteiger partial charge in [-0.2, -0.15) is 0 Å². The average Bonchev–Trinajstić information content (AvgIpc) is 2.39. The molecule has 98 valence electrons. The fourth-order valence-electron chi connectivity index (χ4n) is 3.26. The molecule has 18 heavy (non-hydrogen) atoms. The first kappa shape index (κ1) is 12.2. The molecule has 1 saturated carbocycles. The van der Waals surface area contributed by atoms with Crippen molar-refractivity contribution in [3.05, 3.63) is 17.3 Å². The predicted molar refractivity (Wildman–Crippen MR) is 70.8 cm³/mol. The molecular formula is C13H18ClN3O. The van der Waals surface area contributed by atoms with Crippen LogP contribution in [0.5, 0.6) is 0 Å². The molecule has 1 saturated heterocycles. The van der Waals surface area contributed by atoms with Crippen molar-refractivity contribution in [2.24, 2.45) is 5.92 Å². The lowest BCUT2D eigenvalue weighted by Crippen LogP contribution is -2.53. The topological polar surface area (TPSA) is 49.2 Å². The first-order valence-electron chi connectivity index (χ1n) is 6.64. The predicted octanol–water partition coefficient (Wildman–Crippen LogP) is 2.26. The largest absolute Gasteiger partial charge is 0.389 e. The van der Waals surface area contributed by atoms with Crippen LogP contribution in [0.3, 0.4) is 0 Å². The highest BCUT2D eigenvalue weighted by molar-refractivity contribution is 6.29. The second-order valence-corrected chi connectivity index (χ2v) is 5.84. The maximum Gasteiger partial charge on any atom is 0.151 e. The molecule has 2 fully saturated rings. The highest BCUT2D eigenvalue weighted by atomic mass is 35.5. The number of aromatic nitrogens is 2. The van der Waals surface area contributed by atoms with Gasteiger partial charge in [-0.3, -0.25) is 0 Å². The maximum atomic E-state index is 10.6. The summed E-state index contributed by atoms with van der Waals surface area (Å²) < 4.78 is 0. The van der Waals surface area contributed by atoms with Crippen molar-refractivity contribution < 1.29 is 5.11 Å². The third-order valence-corrected chi connectivity index (χ3v) is 4.57. The number of hydrogen-bond acceptors (Lipinski definition) is 4. The van der Waals surface area contributed by atoms with E-state index in [1.165, 1.54) is 6.42 Å². The van der Waals surface area contributed by atoms with Crippen LogP contribution in [0.1, 0.15) is 32.1 Å². The lowest BCUT2D eigenvalue weighted by Gasteiger charge is -2.47. The van der Waals surface area contributed by atoms with Crippen molar-refractivity contribution in [3.63, 3.8) is 0 Å². The van der Waals surface area contributed by atoms with Gasteiger partial charge in [0.1, 0.15) is 0 Å². The van der Waals surface area contributed by atoms with E-state index in [-0.39, 0.29) is 0 Å². The maximum absolute atomic E-state index is 10.6. The molecule has 0 radical (unpaired) electrons. The minimum Gasteiger partial charge on any atom is -0.389 e. The van der Waals surface area contributed by atoms with Crippen LogP contribution in [0.25, 0.3) is 0 Å². The van der Waals surface area contributed by atoms with E-state index in [1.807, 2.05) is 6.07 Å². The van der Waals surface area contributed by atoms with Gasteiger partial charge in [-0.1, -0.05) is 24.4 Å². The van der Waals surface area contributed by atoms with Crippen molar-refractivity contribution >= 4 is 17.4 Å². The molecule has 0 bridgehead atoms. The van der Waals surface area contributed by atoms with Gasteiger partial charge in [0.2, 0.25) is 0 Å². The summed E-state index contributed by atoms with van der Waals surface area (Å²) in [5.74, 6) is 1.24. The van der Waals surface area contributed by atoms with E-state index in [4.69, 9.17) is 11.6 Å². The summed E-state index contributed by atoms with van der Waals surface area (Å²) in [7, 11) is 0. The Balaban J connectivity index is 1.75. The molecule has 2 aliphatic rings. The van der Waals surface area contributed by atoms with E-state index < -0.39 is 5.60 Å². The minimum atomic E-state index is -0.436. The van der Waals surface area contributed by atoms with Crippen molar-refractivity contribution in [2.45, 2.75) is 37.7 Å². The molecule has 1 N–H and O–H groups in total. The number of aliphatic hydroxyl groups is 1. The van der Waals surface area contributed by atoms with Gasteiger partial charge in [0, 0.05) is 19.0 Å². The van der Waals surface area contributed by atoms with E-state index in [0.29, 0.717) is 11.1 Å². The van der Waals surface area contributed by atoms with Crippen LogP contribution in [0.15, 0.2) is 12.1 Å². The second kappa shape index (κ2) is 4.67. The number of hydrogen-bond donors (Lipinski definition) is 1. The normalized spacial score (nSPS) is 32.1. The number of anilines is 1. The Morgan fingerprint density at radius 3 is 2.94 bits per heavy atom. The molecule has 0 aromatic carbocycles. The summed E-state index contributed by atoms with van der Waals surface area (Å²) in [6.45, 7) is 1.73. The minimum absolute atomic E-state index is 0.373. The van der Waals surface area contributed by atoms with E-state index in [0.717, 1.165) is 44.6 Å². The van der Waals surface area contributed by atoms with Crippen molar-refractivity contribution in [1.82, 2.24) is 10.2 Å². The van der Waals surface area contributed by atoms with E-state index in [1.54, 1.807) is 6.07 Å². The molecule has 2 heterocycles. The van der Waals surface area contributed by atoms with Gasteiger partial charge >= 0.3 is 0 Å². The van der Waals surface area contributed by atoms with Gasteiger partial charge in [-0.15, -0.1) is 10.2 Å². The van der Waals surface area contributed by atoms with Crippen molar-refractivity contribution in [3.8, 4) is 0 Å². The third kappa shape index (κ3) is 2.19. The number of nitrogens with zero attached hydrogens (tertiary/aromatic N) is 3. The lowest BCUT2D eigenvalue weighted by atomic mass is 9.71. The Morgan fingerprint density at radius 1 is 1.28 bits per heavy atom. The summed E-state index contributed by atoms with van der Waals surface area (Å²) in [6.07, 6.45) is 5.30. The van der Waals surface area contributed by atoms with Crippen LogP contribution in [0.4, 0.5) is 5.82 Å². The lowest BCUT2D eigenvalue weighted by molar-refractivity contribution is -0.0613. The van der Waals surface area contributed by atoms with Gasteiger partial charge in [-0.25, -0.2) is 0 Å². The zero-order valence-electron chi connectivity index (χ0n) is 10.3. The van der Waals surface area contributed by atoms with Crippen LogP contribution in [0, 0.1) is 5.92 Å². The molecule has 1 aliphatic carbocycles. The van der Waals surface area contributed by atoms with E-state index in [2.05, 4.69) is 15.1 Å². The van der Waals surface area contributed by atoms with Gasteiger partial charge in [0.25, 0.3) is 0 Å². The molecule has 4 nitrogen and oxygen atoms in total. The van der Waals surface area contributed by atoms with Gasteiger partial charge in [0.15, 0.2) is 11.0 Å². The average molecular weight is 268 g/mol. The first-order valence-corrected chi connectivity index (χ1v) is 7.02. The van der Waals surface area contributed by atoms with Crippen LogP contribution >= 0.6 is 11.6 Å². The number of rotatable bonds is 1. The Kier molecular flexibility index (Phi) is 3.16. The van der Waals surface area contributed by atoms with Crippen LogP contribution in [-0.4, -0.2) is 34.0 Å². The quantitative estimate of drug-likeness (QED) is 0.848. The highest BCUT2D eigenvalue weighted by Gasteiger charge is 2.42. The summed E-state index contributed by atoms with van der Waals surface area (Å²) in [4.78, 5) is 2.22. The summed E-state index contributed by atoms with van der Waals surface area (Å²) in [5, 5.41) is 19.0. The Labute approximate surface area is 112 Å². The second-order valence-electron chi connectivity index (χ2n) is 5.46. The highest BCUT2D eigenvalue weighted by Crippen LogP contribution is 2.40. The third-order valence-electron chi connectivity index (χ3n) is 4.37. The number of piperidine rings is 1. The monoisotopic (exact) mass is 267 g/mol. The van der Waals surface area contributed by atoms with Crippen molar-refractivity contribution in [1.29, 1.82) is 0 Å². The van der Waals surface area contributed by atoms with Gasteiger partial charge < -0.3 is 10.0 Å². The van der Waals surface area contributed by atoms with Crippen LogP contribution in [-0.2, 0) is 0 Å². The Bertz CT molecular complexity index is 425. The first-order chi connectivity index (χ1) is 8.67. The summed E-state index contributed by atoms with van der Waals surface area (Å²) in [6, 6.07) is 3.67. The van der Waals surface area contributed by atoms with Gasteiger partial charge in [-0.05, 0) is 31.4 Å². The molecule has 1 aliphatic heterocycles. The van der Waals surface area contributed by atoms with Crippen molar-refractivity contribution in [2.75, 3.05) is 18.0 Å². The number of halogens is 1. The SMILES string of the molecule is OC12CCCCC1CN(c1ccc(Cl)nn1)CC2. The zero-order chi connectivity index (χ0) is 12.6. The molecular weight excluding hydrogens is 250 g/mol. The smallest absolute Gasteiger partial charge is 0.151 e. The Morgan fingerprint density at radius 2 is 2.17 bits per heavy atom. The standard InChI is InChI=1S/C13H18ClN3O/c14-11-4-5-12(16-15-11)17-8-7-13(18)6-2-1-3-10(13)9-17/h4-5,10,18H,1-3,6-9H2. The summed E-state index contributed by atoms with van der Waals surface area (Å²) >= 11 is 5.75. The molecule has 0 spiro atoms. The molecule has 2 atom stereocenters. The van der Waals surface area contributed by atoms with E-state index >= 15 is 0 Å². The number of fused-ring (bicyclic) bond motifs is 1. The molecule has 5 heteroatoms.